The molecule has 0 bridgehead atoms. The molecule has 0 aliphatic heterocycles. The summed E-state index contributed by atoms with van der Waals surface area (Å²) in [4.78, 5) is 20.6. The first-order chi connectivity index (χ1) is 14.1. The number of anilines is 1. The minimum absolute atomic E-state index is 0.0728. The number of methoxy groups -OCH3 is 1. The molecule has 146 valence electrons. The fourth-order valence-corrected chi connectivity index (χ4v) is 3.89. The second kappa shape index (κ2) is 8.41. The summed E-state index contributed by atoms with van der Waals surface area (Å²) in [6, 6.07) is 23.5. The number of benzene rings is 3. The molecular formula is C23H21N3O2S. The Morgan fingerprint density at radius 3 is 2.62 bits per heavy atom. The maximum Gasteiger partial charge on any atom is 0.237 e. The molecule has 0 fully saturated rings. The summed E-state index contributed by atoms with van der Waals surface area (Å²) in [6.07, 6.45) is 0. The van der Waals surface area contributed by atoms with Gasteiger partial charge in [-0.2, -0.15) is 0 Å². The Bertz CT molecular complexity index is 1140. The van der Waals surface area contributed by atoms with Crippen LogP contribution >= 0.6 is 11.8 Å². The van der Waals surface area contributed by atoms with Gasteiger partial charge in [0.15, 0.2) is 5.16 Å². The number of imidazole rings is 1. The Hall–Kier alpha value is -3.25. The Labute approximate surface area is 173 Å². The van der Waals surface area contributed by atoms with Gasteiger partial charge in [-0.1, -0.05) is 60.3 Å². The van der Waals surface area contributed by atoms with Gasteiger partial charge < -0.3 is 15.0 Å². The minimum atomic E-state index is -0.318. The van der Waals surface area contributed by atoms with Crippen molar-refractivity contribution in [2.45, 2.75) is 17.3 Å². The second-order valence-electron chi connectivity index (χ2n) is 6.59. The van der Waals surface area contributed by atoms with Crippen molar-refractivity contribution in [1.82, 2.24) is 9.97 Å². The Morgan fingerprint density at radius 2 is 1.83 bits per heavy atom. The van der Waals surface area contributed by atoms with Crippen LogP contribution in [0, 0.1) is 0 Å². The van der Waals surface area contributed by atoms with E-state index in [0.29, 0.717) is 5.16 Å². The molecule has 3 aromatic carbocycles. The molecule has 0 radical (unpaired) electrons. The summed E-state index contributed by atoms with van der Waals surface area (Å²) >= 11 is 1.39. The van der Waals surface area contributed by atoms with Crippen molar-refractivity contribution in [3.63, 3.8) is 0 Å². The number of carbonyl (C=O) groups excluding carboxylic acids is 1. The van der Waals surface area contributed by atoms with E-state index in [-0.39, 0.29) is 11.2 Å². The number of thioether (sulfide) groups is 1. The molecule has 0 aliphatic carbocycles. The number of rotatable bonds is 6. The number of nitrogens with one attached hydrogen (secondary N) is 2. The van der Waals surface area contributed by atoms with Crippen molar-refractivity contribution in [2.24, 2.45) is 0 Å². The third-order valence-electron chi connectivity index (χ3n) is 4.59. The number of aromatic amines is 1. The number of nitrogens with zero attached hydrogens (tertiary/aromatic N) is 1. The normalized spacial score (nSPS) is 11.9. The predicted octanol–water partition coefficient (Wildman–Crippen LogP) is 5.36. The van der Waals surface area contributed by atoms with Gasteiger partial charge in [0.2, 0.25) is 5.91 Å². The van der Waals surface area contributed by atoms with Gasteiger partial charge in [0.1, 0.15) is 5.75 Å². The van der Waals surface area contributed by atoms with Crippen LogP contribution in [0.4, 0.5) is 5.69 Å². The zero-order chi connectivity index (χ0) is 20.2. The smallest absolute Gasteiger partial charge is 0.237 e. The number of amides is 1. The molecule has 1 heterocycles. The summed E-state index contributed by atoms with van der Waals surface area (Å²) in [5, 5.41) is 3.44. The second-order valence-corrected chi connectivity index (χ2v) is 7.92. The standard InChI is InChI=1S/C23H21N3O2S/c1-15(29-23-25-20-13-12-17(28-2)14-21(20)26-23)22(27)24-19-11-7-6-10-18(19)16-8-4-3-5-9-16/h3-15H,1-2H3,(H,24,27)(H,25,26). The molecule has 1 amide bonds. The average molecular weight is 404 g/mol. The lowest BCUT2D eigenvalue weighted by Gasteiger charge is -2.14. The Kier molecular flexibility index (Phi) is 5.53. The van der Waals surface area contributed by atoms with E-state index in [9.17, 15) is 4.79 Å². The molecule has 0 aliphatic rings. The number of aromatic nitrogens is 2. The molecule has 0 spiro atoms. The van der Waals surface area contributed by atoms with Crippen LogP contribution in [0.25, 0.3) is 22.2 Å². The first-order valence-electron chi connectivity index (χ1n) is 9.30. The van der Waals surface area contributed by atoms with Gasteiger partial charge in [0.25, 0.3) is 0 Å². The minimum Gasteiger partial charge on any atom is -0.497 e. The van der Waals surface area contributed by atoms with Crippen LogP contribution in [-0.4, -0.2) is 28.2 Å². The molecule has 29 heavy (non-hydrogen) atoms. The first-order valence-corrected chi connectivity index (χ1v) is 10.2. The molecular weight excluding hydrogens is 382 g/mol. The summed E-state index contributed by atoms with van der Waals surface area (Å²) < 4.78 is 5.25. The summed E-state index contributed by atoms with van der Waals surface area (Å²) in [5.74, 6) is 0.692. The van der Waals surface area contributed by atoms with Crippen molar-refractivity contribution in [3.05, 3.63) is 72.8 Å². The third-order valence-corrected chi connectivity index (χ3v) is 5.58. The maximum atomic E-state index is 12.8. The molecule has 0 saturated carbocycles. The highest BCUT2D eigenvalue weighted by Crippen LogP contribution is 2.30. The number of fused-ring (bicyclic) bond motifs is 1. The SMILES string of the molecule is COc1ccc2nc(SC(C)C(=O)Nc3ccccc3-c3ccccc3)[nH]c2c1. The van der Waals surface area contributed by atoms with Crippen LogP contribution < -0.4 is 10.1 Å². The van der Waals surface area contributed by atoms with E-state index in [4.69, 9.17) is 4.74 Å². The number of H-pyrrole nitrogens is 1. The zero-order valence-electron chi connectivity index (χ0n) is 16.2. The lowest BCUT2D eigenvalue weighted by molar-refractivity contribution is -0.115. The van der Waals surface area contributed by atoms with Crippen molar-refractivity contribution >= 4 is 34.4 Å². The largest absolute Gasteiger partial charge is 0.497 e. The van der Waals surface area contributed by atoms with Crippen LogP contribution in [0.2, 0.25) is 0 Å². The molecule has 4 rings (SSSR count). The van der Waals surface area contributed by atoms with Crippen LogP contribution in [0.1, 0.15) is 6.92 Å². The number of carbonyl (C=O) groups is 1. The van der Waals surface area contributed by atoms with Gasteiger partial charge in [-0.25, -0.2) is 4.98 Å². The first kappa shape index (κ1) is 19.1. The number of ether oxygens (including phenoxy) is 1. The molecule has 1 atom stereocenters. The summed E-state index contributed by atoms with van der Waals surface area (Å²) in [5.41, 5.74) is 4.58. The summed E-state index contributed by atoms with van der Waals surface area (Å²) in [6.45, 7) is 1.87. The van der Waals surface area contributed by atoms with Crippen molar-refractivity contribution in [1.29, 1.82) is 0 Å². The highest BCUT2D eigenvalue weighted by molar-refractivity contribution is 8.00. The quantitative estimate of drug-likeness (QED) is 0.426. The van der Waals surface area contributed by atoms with E-state index < -0.39 is 0 Å². The van der Waals surface area contributed by atoms with Crippen LogP contribution in [0.15, 0.2) is 78.0 Å². The predicted molar refractivity (Wildman–Crippen MR) is 118 cm³/mol. The molecule has 2 N–H and O–H groups in total. The summed E-state index contributed by atoms with van der Waals surface area (Å²) in [7, 11) is 1.63. The van der Waals surface area contributed by atoms with Gasteiger partial charge in [0.05, 0.1) is 23.4 Å². The highest BCUT2D eigenvalue weighted by Gasteiger charge is 2.18. The van der Waals surface area contributed by atoms with Gasteiger partial charge in [-0.15, -0.1) is 0 Å². The van der Waals surface area contributed by atoms with Crippen LogP contribution in [0.3, 0.4) is 0 Å². The number of hydrogen-bond acceptors (Lipinski definition) is 4. The van der Waals surface area contributed by atoms with E-state index in [0.717, 1.165) is 33.6 Å². The average Bonchev–Trinajstić information content (AvgIpc) is 3.16. The van der Waals surface area contributed by atoms with Gasteiger partial charge in [0, 0.05) is 17.3 Å². The van der Waals surface area contributed by atoms with Crippen LogP contribution in [0.5, 0.6) is 5.75 Å². The zero-order valence-corrected chi connectivity index (χ0v) is 17.0. The van der Waals surface area contributed by atoms with E-state index >= 15 is 0 Å². The van der Waals surface area contributed by atoms with E-state index in [1.54, 1.807) is 7.11 Å². The third kappa shape index (κ3) is 4.27. The number of para-hydroxylation sites is 1. The fraction of sp³-hybridized carbons (Fsp3) is 0.130. The monoisotopic (exact) mass is 403 g/mol. The topological polar surface area (TPSA) is 67.0 Å². The fourth-order valence-electron chi connectivity index (χ4n) is 3.06. The highest BCUT2D eigenvalue weighted by atomic mass is 32.2. The molecule has 1 aromatic heterocycles. The van der Waals surface area contributed by atoms with Gasteiger partial charge >= 0.3 is 0 Å². The van der Waals surface area contributed by atoms with Gasteiger partial charge in [-0.3, -0.25) is 4.79 Å². The van der Waals surface area contributed by atoms with Crippen LogP contribution in [-0.2, 0) is 4.79 Å². The van der Waals surface area contributed by atoms with Crippen molar-refractivity contribution in [2.75, 3.05) is 12.4 Å². The molecule has 1 unspecified atom stereocenters. The lowest BCUT2D eigenvalue weighted by Crippen LogP contribution is -2.22. The molecule has 4 aromatic rings. The van der Waals surface area contributed by atoms with Crippen molar-refractivity contribution in [3.8, 4) is 16.9 Å². The Morgan fingerprint density at radius 1 is 1.07 bits per heavy atom. The van der Waals surface area contributed by atoms with Gasteiger partial charge in [-0.05, 0) is 30.7 Å². The van der Waals surface area contributed by atoms with E-state index in [1.807, 2.05) is 79.7 Å². The van der Waals surface area contributed by atoms with E-state index in [2.05, 4.69) is 15.3 Å². The molecule has 0 saturated heterocycles. The number of hydrogen-bond donors (Lipinski definition) is 2. The lowest BCUT2D eigenvalue weighted by atomic mass is 10.0. The maximum absolute atomic E-state index is 12.8. The molecule has 5 nitrogen and oxygen atoms in total. The molecule has 6 heteroatoms. The van der Waals surface area contributed by atoms with Crippen molar-refractivity contribution < 1.29 is 9.53 Å². The van der Waals surface area contributed by atoms with E-state index in [1.165, 1.54) is 11.8 Å². The Balaban J connectivity index is 1.49.